The van der Waals surface area contributed by atoms with Crippen LogP contribution in [0.2, 0.25) is 0 Å². The lowest BCUT2D eigenvalue weighted by molar-refractivity contribution is -0.139. The van der Waals surface area contributed by atoms with Crippen molar-refractivity contribution in [2.45, 2.75) is 90.9 Å². The van der Waals surface area contributed by atoms with Crippen molar-refractivity contribution >= 4 is 69.5 Å². The molecular weight excluding hydrogens is 673 g/mol. The van der Waals surface area contributed by atoms with Crippen molar-refractivity contribution in [3.63, 3.8) is 0 Å². The Hall–Kier alpha value is -4.16. The number of nitrogens with zero attached hydrogens (tertiary/aromatic N) is 4. The second-order valence-corrected chi connectivity index (χ2v) is 14.4. The van der Waals surface area contributed by atoms with E-state index < -0.39 is 11.9 Å². The number of rotatable bonds is 20. The number of esters is 2. The zero-order valence-corrected chi connectivity index (χ0v) is 30.6. The van der Waals surface area contributed by atoms with Crippen molar-refractivity contribution in [3.8, 4) is 33.0 Å². The summed E-state index contributed by atoms with van der Waals surface area (Å²) in [5.41, 5.74) is 3.25. The van der Waals surface area contributed by atoms with E-state index in [9.17, 15) is 20.1 Å². The summed E-state index contributed by atoms with van der Waals surface area (Å²) in [5, 5.41) is 19.3. The molecule has 256 valence electrons. The number of hydrogen-bond donors (Lipinski definition) is 0. The van der Waals surface area contributed by atoms with E-state index in [1.165, 1.54) is 61.2 Å². The lowest BCUT2D eigenvalue weighted by atomic mass is 10.1. The summed E-state index contributed by atoms with van der Waals surface area (Å²) in [6.07, 6.45) is 16.2. The van der Waals surface area contributed by atoms with E-state index in [-0.39, 0.29) is 11.1 Å². The second kappa shape index (κ2) is 20.4. The summed E-state index contributed by atoms with van der Waals surface area (Å²) in [5.74, 6) is -1.20. The average Bonchev–Trinajstić information content (AvgIpc) is 3.90. The molecule has 0 aliphatic rings. The van der Waals surface area contributed by atoms with E-state index in [2.05, 4.69) is 22.6 Å². The molecule has 3 aromatic heterocycles. The highest BCUT2D eigenvalue weighted by molar-refractivity contribution is 7.17. The fourth-order valence-electron chi connectivity index (χ4n) is 5.22. The number of aromatic nitrogens is 2. The van der Waals surface area contributed by atoms with E-state index in [0.29, 0.717) is 13.2 Å². The number of fused-ring (bicyclic) bond motifs is 1. The van der Waals surface area contributed by atoms with Gasteiger partial charge in [-0.2, -0.15) is 19.3 Å². The molecule has 0 aliphatic heterocycles. The molecule has 4 rings (SSSR count). The molecule has 0 aliphatic carbocycles. The van der Waals surface area contributed by atoms with E-state index >= 15 is 0 Å². The highest BCUT2D eigenvalue weighted by atomic mass is 32.1. The number of thiophene rings is 2. The Labute approximate surface area is 301 Å². The summed E-state index contributed by atoms with van der Waals surface area (Å²) in [7, 11) is 0. The largest absolute Gasteiger partial charge is 0.462 e. The van der Waals surface area contributed by atoms with E-state index in [0.717, 1.165) is 91.9 Å². The van der Waals surface area contributed by atoms with Crippen LogP contribution in [0.1, 0.15) is 101 Å². The van der Waals surface area contributed by atoms with Gasteiger partial charge in [0.15, 0.2) is 0 Å². The van der Waals surface area contributed by atoms with Crippen LogP contribution in [0.25, 0.3) is 44.1 Å². The molecule has 0 bridgehead atoms. The minimum Gasteiger partial charge on any atom is -0.462 e. The fourth-order valence-corrected chi connectivity index (χ4v) is 7.75. The predicted molar refractivity (Wildman–Crippen MR) is 200 cm³/mol. The van der Waals surface area contributed by atoms with Crippen molar-refractivity contribution in [3.05, 3.63) is 57.3 Å². The fraction of sp³-hybridized carbons (Fsp3) is 0.421. The summed E-state index contributed by atoms with van der Waals surface area (Å²) in [6, 6.07) is 15.6. The number of ether oxygens (including phenoxy) is 2. The van der Waals surface area contributed by atoms with E-state index in [1.54, 1.807) is 12.2 Å². The van der Waals surface area contributed by atoms with Crippen LogP contribution in [0.4, 0.5) is 0 Å². The molecule has 0 atom stereocenters. The van der Waals surface area contributed by atoms with Gasteiger partial charge in [-0.15, -0.1) is 22.7 Å². The minimum absolute atomic E-state index is 0.0247. The van der Waals surface area contributed by atoms with Gasteiger partial charge in [0.1, 0.15) is 34.3 Å². The van der Waals surface area contributed by atoms with Crippen LogP contribution in [-0.2, 0) is 19.1 Å². The number of carbonyl (C=O) groups is 2. The third-order valence-corrected chi connectivity index (χ3v) is 10.6. The van der Waals surface area contributed by atoms with Crippen LogP contribution < -0.4 is 0 Å². The molecule has 11 heteroatoms. The van der Waals surface area contributed by atoms with Crippen LogP contribution >= 0.6 is 34.4 Å². The van der Waals surface area contributed by atoms with Gasteiger partial charge in [-0.1, -0.05) is 90.2 Å². The van der Waals surface area contributed by atoms with Gasteiger partial charge in [-0.25, -0.2) is 9.59 Å². The van der Waals surface area contributed by atoms with Crippen molar-refractivity contribution in [2.75, 3.05) is 13.2 Å². The molecule has 0 unspecified atom stereocenters. The predicted octanol–water partition coefficient (Wildman–Crippen LogP) is 10.8. The number of carbonyl (C=O) groups excluding carboxylic acids is 2. The molecule has 0 saturated carbocycles. The molecular formula is C38H42N4O4S3. The Morgan fingerprint density at radius 3 is 1.45 bits per heavy atom. The third kappa shape index (κ3) is 11.2. The summed E-state index contributed by atoms with van der Waals surface area (Å²) < 4.78 is 19.9. The maximum absolute atomic E-state index is 12.5. The number of nitriles is 2. The van der Waals surface area contributed by atoms with Crippen LogP contribution in [0.5, 0.6) is 0 Å². The quantitative estimate of drug-likeness (QED) is 0.0383. The van der Waals surface area contributed by atoms with Gasteiger partial charge in [0, 0.05) is 30.6 Å². The first-order chi connectivity index (χ1) is 24.0. The Kier molecular flexibility index (Phi) is 15.7. The molecule has 0 spiro atoms. The van der Waals surface area contributed by atoms with Crippen LogP contribution in [0.3, 0.4) is 0 Å². The zero-order chi connectivity index (χ0) is 34.8. The van der Waals surface area contributed by atoms with E-state index in [4.69, 9.17) is 9.47 Å². The maximum atomic E-state index is 12.5. The van der Waals surface area contributed by atoms with Gasteiger partial charge in [-0.3, -0.25) is 0 Å². The highest BCUT2D eigenvalue weighted by Gasteiger charge is 2.18. The number of hydrogen-bond acceptors (Lipinski definition) is 11. The minimum atomic E-state index is -0.599. The molecule has 0 amide bonds. The molecule has 8 nitrogen and oxygen atoms in total. The average molecular weight is 715 g/mol. The first-order valence-electron chi connectivity index (χ1n) is 17.0. The van der Waals surface area contributed by atoms with Crippen molar-refractivity contribution in [1.82, 2.24) is 8.75 Å². The smallest absolute Gasteiger partial charge is 0.348 e. The first kappa shape index (κ1) is 37.7. The topological polar surface area (TPSA) is 126 Å². The Morgan fingerprint density at radius 1 is 0.633 bits per heavy atom. The van der Waals surface area contributed by atoms with Crippen molar-refractivity contribution < 1.29 is 19.1 Å². The molecule has 4 aromatic rings. The number of unbranched alkanes of at least 4 members (excludes halogenated alkanes) is 10. The lowest BCUT2D eigenvalue weighted by Crippen LogP contribution is -2.07. The summed E-state index contributed by atoms with van der Waals surface area (Å²) in [4.78, 5) is 28.5. The van der Waals surface area contributed by atoms with Crippen LogP contribution in [0.15, 0.2) is 47.5 Å². The Bertz CT molecular complexity index is 1710. The van der Waals surface area contributed by atoms with Gasteiger partial charge >= 0.3 is 11.9 Å². The molecule has 0 fully saturated rings. The monoisotopic (exact) mass is 714 g/mol. The molecule has 1 aromatic carbocycles. The van der Waals surface area contributed by atoms with Crippen molar-refractivity contribution in [2.24, 2.45) is 0 Å². The molecule has 49 heavy (non-hydrogen) atoms. The zero-order valence-electron chi connectivity index (χ0n) is 28.2. The number of benzene rings is 1. The standard InChI is InChI=1S/C38H42N4O4S3/c1-3-5-7-9-11-13-21-45-37(43)27(25-39)23-29-15-19-33(47-29)31-17-18-32(36-35(31)41-49-42-36)34-20-16-30(48-34)24-28(26-40)38(44)46-22-14-12-10-8-6-4-2/h15-20,23-24H,3-14,21-22H2,1-2H3/b27-23+,28-24+. The molecule has 0 N–H and O–H groups in total. The Morgan fingerprint density at radius 2 is 1.04 bits per heavy atom. The van der Waals surface area contributed by atoms with Gasteiger partial charge in [0.2, 0.25) is 0 Å². The Balaban J connectivity index is 1.41. The summed E-state index contributed by atoms with van der Waals surface area (Å²) in [6.45, 7) is 4.98. The van der Waals surface area contributed by atoms with E-state index in [1.807, 2.05) is 48.5 Å². The van der Waals surface area contributed by atoms with Crippen LogP contribution in [-0.4, -0.2) is 33.9 Å². The van der Waals surface area contributed by atoms with Gasteiger partial charge in [0.25, 0.3) is 0 Å². The van der Waals surface area contributed by atoms with Crippen LogP contribution in [0, 0.1) is 22.7 Å². The highest BCUT2D eigenvalue weighted by Crippen LogP contribution is 2.40. The first-order valence-corrected chi connectivity index (χ1v) is 19.4. The maximum Gasteiger partial charge on any atom is 0.348 e. The van der Waals surface area contributed by atoms with Gasteiger partial charge in [-0.05, 0) is 49.3 Å². The lowest BCUT2D eigenvalue weighted by Gasteiger charge is -2.04. The molecule has 0 radical (unpaired) electrons. The SMILES string of the molecule is CCCCCCCCOC(=O)/C(C#N)=C/c1ccc(-c2ccc(-c3ccc(/C=C(\C#N)C(=O)OCCCCCCCC)s3)c3nsnc23)s1. The van der Waals surface area contributed by atoms with Crippen molar-refractivity contribution in [1.29, 1.82) is 10.5 Å². The molecule has 0 saturated heterocycles. The van der Waals surface area contributed by atoms with Gasteiger partial charge < -0.3 is 9.47 Å². The summed E-state index contributed by atoms with van der Waals surface area (Å²) >= 11 is 4.04. The van der Waals surface area contributed by atoms with Gasteiger partial charge in [0.05, 0.1) is 24.9 Å². The molecule has 3 heterocycles. The second-order valence-electron chi connectivity index (χ2n) is 11.7. The third-order valence-electron chi connectivity index (χ3n) is 7.92. The normalized spacial score (nSPS) is 11.8.